The number of carbonyl (C=O) groups excluding carboxylic acids is 2. The molecule has 2 aromatic carbocycles. The molecule has 2 rings (SSSR count). The highest BCUT2D eigenvalue weighted by atomic mass is 35.5. The van der Waals surface area contributed by atoms with Gasteiger partial charge in [-0.15, -0.1) is 0 Å². The topological polar surface area (TPSA) is 49.4 Å². The Bertz CT molecular complexity index is 872. The van der Waals surface area contributed by atoms with Crippen LogP contribution in [0.3, 0.4) is 0 Å². The molecule has 2 aromatic rings. The molecule has 0 heterocycles. The fourth-order valence-electron chi connectivity index (χ4n) is 3.35. The highest BCUT2D eigenvalue weighted by Gasteiger charge is 2.26. The van der Waals surface area contributed by atoms with Crippen LogP contribution in [0.4, 0.5) is 0 Å². The van der Waals surface area contributed by atoms with Gasteiger partial charge in [0.15, 0.2) is 0 Å². The van der Waals surface area contributed by atoms with E-state index in [-0.39, 0.29) is 17.2 Å². The molecule has 1 atom stereocenters. The van der Waals surface area contributed by atoms with Gasteiger partial charge in [-0.05, 0) is 47.9 Å². The minimum atomic E-state index is -0.571. The van der Waals surface area contributed by atoms with E-state index >= 15 is 0 Å². The van der Waals surface area contributed by atoms with Crippen molar-refractivity contribution in [3.63, 3.8) is 0 Å². The quantitative estimate of drug-likeness (QED) is 0.556. The van der Waals surface area contributed by atoms with E-state index in [1.807, 2.05) is 25.1 Å². The molecule has 0 aliphatic carbocycles. The molecule has 5 heteroatoms. The van der Waals surface area contributed by atoms with Crippen molar-refractivity contribution >= 4 is 23.4 Å². The lowest BCUT2D eigenvalue weighted by Gasteiger charge is -2.29. The number of carbonyl (C=O) groups is 2. The number of hydrogen-bond acceptors (Lipinski definition) is 2. The van der Waals surface area contributed by atoms with Crippen LogP contribution < -0.4 is 5.32 Å². The molecule has 0 aromatic heterocycles. The molecule has 0 saturated heterocycles. The second-order valence-corrected chi connectivity index (χ2v) is 9.43. The van der Waals surface area contributed by atoms with Gasteiger partial charge in [0, 0.05) is 24.5 Å². The van der Waals surface area contributed by atoms with Crippen LogP contribution in [0.2, 0.25) is 5.02 Å². The van der Waals surface area contributed by atoms with E-state index in [0.717, 1.165) is 17.5 Å². The van der Waals surface area contributed by atoms with Crippen molar-refractivity contribution in [3.8, 4) is 0 Å². The summed E-state index contributed by atoms with van der Waals surface area (Å²) in [5.74, 6) is -0.198. The van der Waals surface area contributed by atoms with Crippen molar-refractivity contribution in [1.82, 2.24) is 10.2 Å². The van der Waals surface area contributed by atoms with Crippen LogP contribution in [-0.4, -0.2) is 29.3 Å². The number of nitrogens with one attached hydrogen (secondary N) is 1. The van der Waals surface area contributed by atoms with Gasteiger partial charge < -0.3 is 10.2 Å². The van der Waals surface area contributed by atoms with Crippen molar-refractivity contribution < 1.29 is 9.59 Å². The zero-order valence-corrected chi connectivity index (χ0v) is 20.1. The van der Waals surface area contributed by atoms with E-state index < -0.39 is 6.04 Å². The molecule has 0 aliphatic rings. The first-order valence-corrected chi connectivity index (χ1v) is 11.4. The van der Waals surface area contributed by atoms with Crippen LogP contribution in [0.5, 0.6) is 0 Å². The summed E-state index contributed by atoms with van der Waals surface area (Å²) in [6.45, 7) is 11.2. The lowest BCUT2D eigenvalue weighted by Crippen LogP contribution is -2.47. The van der Waals surface area contributed by atoms with Crippen molar-refractivity contribution in [3.05, 3.63) is 70.2 Å². The third-order valence-corrected chi connectivity index (χ3v) is 5.83. The maximum absolute atomic E-state index is 13.2. The lowest BCUT2D eigenvalue weighted by molar-refractivity contribution is -0.140. The standard InChI is InChI=1S/C26H35ClN2O2/c1-6-17-28-25(31)19(2)29(18-21-9-7-8-10-23(21)27)24(30)16-13-20-11-14-22(15-12-20)26(3,4)5/h7-12,14-15,19H,6,13,16-18H2,1-5H3,(H,28,31)/t19-/m0/s1. The van der Waals surface area contributed by atoms with Gasteiger partial charge in [-0.1, -0.05) is 81.8 Å². The molecule has 0 saturated carbocycles. The van der Waals surface area contributed by atoms with Crippen LogP contribution in [0, 0.1) is 0 Å². The largest absolute Gasteiger partial charge is 0.354 e. The number of benzene rings is 2. The maximum Gasteiger partial charge on any atom is 0.242 e. The molecule has 0 unspecified atom stereocenters. The molecule has 1 N–H and O–H groups in total. The molecule has 0 fully saturated rings. The first kappa shape index (κ1) is 24.9. The molecular weight excluding hydrogens is 408 g/mol. The summed E-state index contributed by atoms with van der Waals surface area (Å²) in [6.07, 6.45) is 1.82. The zero-order chi connectivity index (χ0) is 23.0. The Morgan fingerprint density at radius 1 is 1.06 bits per heavy atom. The smallest absolute Gasteiger partial charge is 0.242 e. The second-order valence-electron chi connectivity index (χ2n) is 9.03. The molecule has 0 radical (unpaired) electrons. The number of hydrogen-bond donors (Lipinski definition) is 1. The summed E-state index contributed by atoms with van der Waals surface area (Å²) >= 11 is 6.33. The van der Waals surface area contributed by atoms with Gasteiger partial charge in [-0.2, -0.15) is 0 Å². The van der Waals surface area contributed by atoms with E-state index in [4.69, 9.17) is 11.6 Å². The minimum Gasteiger partial charge on any atom is -0.354 e. The molecule has 0 aliphatic heterocycles. The number of nitrogens with zero attached hydrogens (tertiary/aromatic N) is 1. The van der Waals surface area contributed by atoms with Gasteiger partial charge in [-0.25, -0.2) is 0 Å². The average Bonchev–Trinajstić information content (AvgIpc) is 2.74. The average molecular weight is 443 g/mol. The maximum atomic E-state index is 13.2. The molecule has 31 heavy (non-hydrogen) atoms. The summed E-state index contributed by atoms with van der Waals surface area (Å²) in [7, 11) is 0. The summed E-state index contributed by atoms with van der Waals surface area (Å²) < 4.78 is 0. The Morgan fingerprint density at radius 3 is 2.29 bits per heavy atom. The first-order chi connectivity index (χ1) is 14.6. The third-order valence-electron chi connectivity index (χ3n) is 5.46. The van der Waals surface area contributed by atoms with Gasteiger partial charge >= 0.3 is 0 Å². The Hall–Kier alpha value is -2.33. The zero-order valence-electron chi connectivity index (χ0n) is 19.4. The molecule has 168 valence electrons. The third kappa shape index (κ3) is 7.39. The number of amides is 2. The predicted molar refractivity (Wildman–Crippen MR) is 128 cm³/mol. The van der Waals surface area contributed by atoms with E-state index in [0.29, 0.717) is 31.0 Å². The predicted octanol–water partition coefficient (Wildman–Crippen LogP) is 5.51. The number of rotatable bonds is 9. The Morgan fingerprint density at radius 2 is 1.71 bits per heavy atom. The molecule has 4 nitrogen and oxygen atoms in total. The second kappa shape index (κ2) is 11.3. The van der Waals surface area contributed by atoms with Crippen molar-refractivity contribution in [2.24, 2.45) is 0 Å². The van der Waals surface area contributed by atoms with Gasteiger partial charge in [0.2, 0.25) is 11.8 Å². The van der Waals surface area contributed by atoms with E-state index in [1.54, 1.807) is 17.9 Å². The van der Waals surface area contributed by atoms with Crippen molar-refractivity contribution in [2.45, 2.75) is 71.9 Å². The van der Waals surface area contributed by atoms with Crippen LogP contribution in [0.25, 0.3) is 0 Å². The van der Waals surface area contributed by atoms with E-state index in [9.17, 15) is 9.59 Å². The van der Waals surface area contributed by atoms with Gasteiger partial charge in [-0.3, -0.25) is 9.59 Å². The molecule has 2 amide bonds. The lowest BCUT2D eigenvalue weighted by atomic mass is 9.86. The Balaban J connectivity index is 2.13. The van der Waals surface area contributed by atoms with Crippen LogP contribution >= 0.6 is 11.6 Å². The van der Waals surface area contributed by atoms with Crippen LogP contribution in [0.15, 0.2) is 48.5 Å². The summed E-state index contributed by atoms with van der Waals surface area (Å²) in [5.41, 5.74) is 3.31. The molecular formula is C26H35ClN2O2. The summed E-state index contributed by atoms with van der Waals surface area (Å²) in [6, 6.07) is 15.3. The van der Waals surface area contributed by atoms with Gasteiger partial charge in [0.25, 0.3) is 0 Å². The highest BCUT2D eigenvalue weighted by molar-refractivity contribution is 6.31. The Kier molecular flexibility index (Phi) is 9.12. The van der Waals surface area contributed by atoms with Gasteiger partial charge in [0.05, 0.1) is 0 Å². The normalized spacial score (nSPS) is 12.3. The summed E-state index contributed by atoms with van der Waals surface area (Å²) in [4.78, 5) is 27.4. The van der Waals surface area contributed by atoms with Crippen molar-refractivity contribution in [1.29, 1.82) is 0 Å². The number of aryl methyl sites for hydroxylation is 1. The van der Waals surface area contributed by atoms with Crippen LogP contribution in [-0.2, 0) is 28.0 Å². The monoisotopic (exact) mass is 442 g/mol. The summed E-state index contributed by atoms with van der Waals surface area (Å²) in [5, 5.41) is 3.49. The van der Waals surface area contributed by atoms with E-state index in [2.05, 4.69) is 50.4 Å². The van der Waals surface area contributed by atoms with Gasteiger partial charge in [0.1, 0.15) is 6.04 Å². The number of halogens is 1. The molecule has 0 bridgehead atoms. The minimum absolute atomic E-state index is 0.0565. The SMILES string of the molecule is CCCNC(=O)[C@H](C)N(Cc1ccccc1Cl)C(=O)CCc1ccc(C(C)(C)C)cc1. The Labute approximate surface area is 192 Å². The fraction of sp³-hybridized carbons (Fsp3) is 0.462. The highest BCUT2D eigenvalue weighted by Crippen LogP contribution is 2.23. The fourth-order valence-corrected chi connectivity index (χ4v) is 3.55. The van der Waals surface area contributed by atoms with E-state index in [1.165, 1.54) is 5.56 Å². The van der Waals surface area contributed by atoms with Crippen molar-refractivity contribution in [2.75, 3.05) is 6.54 Å². The first-order valence-electron chi connectivity index (χ1n) is 11.0. The molecule has 0 spiro atoms. The van der Waals surface area contributed by atoms with Crippen LogP contribution in [0.1, 0.15) is 64.2 Å².